The highest BCUT2D eigenvalue weighted by Crippen LogP contribution is 2.27. The van der Waals surface area contributed by atoms with Gasteiger partial charge in [0.15, 0.2) is 5.65 Å². The van der Waals surface area contributed by atoms with Gasteiger partial charge in [0.2, 0.25) is 0 Å². The maximum atomic E-state index is 13.4. The number of pyridine rings is 2. The Balaban J connectivity index is 1.37. The second-order valence-corrected chi connectivity index (χ2v) is 9.48. The number of hydrogen-bond acceptors (Lipinski definition) is 7. The number of amides is 2. The Morgan fingerprint density at radius 2 is 2.00 bits per heavy atom. The molecule has 3 N–H and O–H groups in total. The van der Waals surface area contributed by atoms with Crippen molar-refractivity contribution in [3.63, 3.8) is 0 Å². The summed E-state index contributed by atoms with van der Waals surface area (Å²) in [5, 5.41) is 9.08. The molecule has 3 aromatic heterocycles. The van der Waals surface area contributed by atoms with Crippen LogP contribution in [0.25, 0.3) is 33.2 Å². The van der Waals surface area contributed by atoms with E-state index in [4.69, 9.17) is 15.5 Å². The number of rotatable bonds is 5. The van der Waals surface area contributed by atoms with Crippen molar-refractivity contribution in [2.24, 2.45) is 5.73 Å². The molecule has 10 nitrogen and oxygen atoms in total. The van der Waals surface area contributed by atoms with Crippen LogP contribution in [0.1, 0.15) is 41.4 Å². The van der Waals surface area contributed by atoms with Crippen LogP contribution in [-0.4, -0.2) is 74.4 Å². The Morgan fingerprint density at radius 3 is 2.78 bits per heavy atom. The topological polar surface area (TPSA) is 130 Å². The molecule has 1 aromatic carbocycles. The standard InChI is InChI=1S/C27H31N7O3/c1-4-5-10-37-27(36)34-9-8-33(15-24(34)28)26(35)18-6-7-20-16(2)11-22(30-23(20)13-18)19-12-21-17(3)31-32-25(21)29-14-19/h6-7,11-14,24H,4-5,8-10,15,28H2,1-3H3,(H,29,31,32)/t24-/m0/s1. The lowest BCUT2D eigenvalue weighted by Crippen LogP contribution is -2.60. The zero-order valence-electron chi connectivity index (χ0n) is 21.3. The van der Waals surface area contributed by atoms with Crippen molar-refractivity contribution in [2.75, 3.05) is 26.2 Å². The molecule has 192 valence electrons. The van der Waals surface area contributed by atoms with Crippen molar-refractivity contribution >= 4 is 33.9 Å². The average Bonchev–Trinajstić information content (AvgIpc) is 3.27. The second kappa shape index (κ2) is 10.1. The molecule has 4 aromatic rings. The van der Waals surface area contributed by atoms with Crippen LogP contribution in [0.3, 0.4) is 0 Å². The number of nitrogens with two attached hydrogens (primary N) is 1. The molecule has 2 amide bonds. The largest absolute Gasteiger partial charge is 0.449 e. The first kappa shape index (κ1) is 24.6. The van der Waals surface area contributed by atoms with Gasteiger partial charge in [0.05, 0.1) is 24.4 Å². The minimum absolute atomic E-state index is 0.140. The SMILES string of the molecule is CCCCOC(=O)N1CCN(C(=O)c2ccc3c(C)cc(-c4cnc5n[nH]c(C)c5c4)nc3c2)C[C@H]1N. The lowest BCUT2D eigenvalue weighted by molar-refractivity contribution is 0.0386. The molecule has 1 fully saturated rings. The highest BCUT2D eigenvalue weighted by molar-refractivity contribution is 5.99. The molecule has 10 heteroatoms. The molecule has 1 aliphatic rings. The summed E-state index contributed by atoms with van der Waals surface area (Å²) in [6, 6.07) is 9.62. The van der Waals surface area contributed by atoms with E-state index in [2.05, 4.69) is 15.2 Å². The van der Waals surface area contributed by atoms with E-state index in [0.717, 1.165) is 51.6 Å². The molecule has 1 saturated heterocycles. The van der Waals surface area contributed by atoms with Crippen LogP contribution < -0.4 is 5.73 Å². The summed E-state index contributed by atoms with van der Waals surface area (Å²) in [6.07, 6.45) is 2.47. The first-order valence-corrected chi connectivity index (χ1v) is 12.6. The molecule has 1 aliphatic heterocycles. The minimum Gasteiger partial charge on any atom is -0.449 e. The van der Waals surface area contributed by atoms with E-state index >= 15 is 0 Å². The van der Waals surface area contributed by atoms with Crippen molar-refractivity contribution in [1.29, 1.82) is 0 Å². The molecule has 0 spiro atoms. The number of nitrogens with one attached hydrogen (secondary N) is 1. The highest BCUT2D eigenvalue weighted by Gasteiger charge is 2.31. The molecule has 4 heterocycles. The summed E-state index contributed by atoms with van der Waals surface area (Å²) in [7, 11) is 0. The summed E-state index contributed by atoms with van der Waals surface area (Å²) in [5.74, 6) is -0.140. The molecule has 0 saturated carbocycles. The van der Waals surface area contributed by atoms with Crippen LogP contribution in [0.5, 0.6) is 0 Å². The van der Waals surface area contributed by atoms with Gasteiger partial charge in [-0.3, -0.25) is 14.8 Å². The number of fused-ring (bicyclic) bond motifs is 2. The number of aromatic nitrogens is 4. The van der Waals surface area contributed by atoms with Crippen molar-refractivity contribution in [3.8, 4) is 11.3 Å². The molecule has 5 rings (SSSR count). The van der Waals surface area contributed by atoms with Crippen molar-refractivity contribution < 1.29 is 14.3 Å². The Hall–Kier alpha value is -4.05. The number of carbonyl (C=O) groups excluding carboxylic acids is 2. The Kier molecular flexibility index (Phi) is 6.75. The van der Waals surface area contributed by atoms with Crippen molar-refractivity contribution in [1.82, 2.24) is 30.0 Å². The van der Waals surface area contributed by atoms with E-state index in [0.29, 0.717) is 30.9 Å². The lowest BCUT2D eigenvalue weighted by Gasteiger charge is -2.38. The number of piperazine rings is 1. The second-order valence-electron chi connectivity index (χ2n) is 9.48. The Labute approximate surface area is 214 Å². The van der Waals surface area contributed by atoms with Crippen LogP contribution in [-0.2, 0) is 4.74 Å². The van der Waals surface area contributed by atoms with Gasteiger partial charge in [0.1, 0.15) is 6.17 Å². The molecule has 0 bridgehead atoms. The van der Waals surface area contributed by atoms with E-state index < -0.39 is 12.3 Å². The number of aryl methyl sites for hydroxylation is 2. The van der Waals surface area contributed by atoms with Gasteiger partial charge in [-0.15, -0.1) is 0 Å². The van der Waals surface area contributed by atoms with Gasteiger partial charge >= 0.3 is 6.09 Å². The third kappa shape index (κ3) is 4.84. The monoisotopic (exact) mass is 501 g/mol. The smallest absolute Gasteiger partial charge is 0.411 e. The Bertz CT molecular complexity index is 1480. The van der Waals surface area contributed by atoms with Gasteiger partial charge in [-0.1, -0.05) is 19.4 Å². The van der Waals surface area contributed by atoms with Crippen LogP contribution in [0.2, 0.25) is 0 Å². The zero-order chi connectivity index (χ0) is 26.1. The average molecular weight is 502 g/mol. The molecule has 37 heavy (non-hydrogen) atoms. The maximum absolute atomic E-state index is 13.4. The van der Waals surface area contributed by atoms with Gasteiger partial charge in [0.25, 0.3) is 5.91 Å². The molecule has 1 atom stereocenters. The zero-order valence-corrected chi connectivity index (χ0v) is 21.3. The molecular formula is C27H31N7O3. The fraction of sp³-hybridized carbons (Fsp3) is 0.370. The third-order valence-corrected chi connectivity index (χ3v) is 6.82. The fourth-order valence-electron chi connectivity index (χ4n) is 4.63. The molecular weight excluding hydrogens is 470 g/mol. The maximum Gasteiger partial charge on any atom is 0.411 e. The van der Waals surface area contributed by atoms with E-state index in [1.54, 1.807) is 11.1 Å². The third-order valence-electron chi connectivity index (χ3n) is 6.82. The predicted octanol–water partition coefficient (Wildman–Crippen LogP) is 3.77. The number of carbonyl (C=O) groups is 2. The van der Waals surface area contributed by atoms with E-state index in [1.165, 1.54) is 4.90 Å². The number of benzene rings is 1. The number of H-pyrrole nitrogens is 1. The molecule has 0 unspecified atom stereocenters. The van der Waals surface area contributed by atoms with Crippen LogP contribution in [0, 0.1) is 13.8 Å². The van der Waals surface area contributed by atoms with E-state index in [-0.39, 0.29) is 12.5 Å². The normalized spacial score (nSPS) is 15.9. The number of ether oxygens (including phenoxy) is 1. The van der Waals surface area contributed by atoms with Crippen LogP contribution >= 0.6 is 0 Å². The van der Waals surface area contributed by atoms with Crippen molar-refractivity contribution in [3.05, 3.63) is 53.3 Å². The lowest BCUT2D eigenvalue weighted by atomic mass is 10.0. The summed E-state index contributed by atoms with van der Waals surface area (Å²) < 4.78 is 5.29. The number of unbranched alkanes of at least 4 members (excludes halogenated alkanes) is 1. The molecule has 0 radical (unpaired) electrons. The van der Waals surface area contributed by atoms with Gasteiger partial charge in [0, 0.05) is 46.9 Å². The van der Waals surface area contributed by atoms with Crippen molar-refractivity contribution in [2.45, 2.75) is 39.8 Å². The van der Waals surface area contributed by atoms with Gasteiger partial charge in [-0.05, 0) is 50.1 Å². The minimum atomic E-state index is -0.618. The highest BCUT2D eigenvalue weighted by atomic mass is 16.6. The van der Waals surface area contributed by atoms with Crippen LogP contribution in [0.4, 0.5) is 4.79 Å². The summed E-state index contributed by atoms with van der Waals surface area (Å²) in [6.45, 7) is 7.35. The quantitative estimate of drug-likeness (QED) is 0.398. The first-order chi connectivity index (χ1) is 17.9. The fourth-order valence-corrected chi connectivity index (χ4v) is 4.63. The molecule has 0 aliphatic carbocycles. The van der Waals surface area contributed by atoms with Gasteiger partial charge in [-0.25, -0.2) is 14.8 Å². The van der Waals surface area contributed by atoms with Crippen LogP contribution in [0.15, 0.2) is 36.5 Å². The van der Waals surface area contributed by atoms with Gasteiger partial charge in [-0.2, -0.15) is 5.10 Å². The first-order valence-electron chi connectivity index (χ1n) is 12.6. The predicted molar refractivity (Wildman–Crippen MR) is 141 cm³/mol. The number of nitrogens with zero attached hydrogens (tertiary/aromatic N) is 5. The number of hydrogen-bond donors (Lipinski definition) is 2. The Morgan fingerprint density at radius 1 is 1.16 bits per heavy atom. The van der Waals surface area contributed by atoms with Gasteiger partial charge < -0.3 is 15.4 Å². The summed E-state index contributed by atoms with van der Waals surface area (Å²) in [4.78, 5) is 38.2. The summed E-state index contributed by atoms with van der Waals surface area (Å²) >= 11 is 0. The number of aromatic amines is 1. The van der Waals surface area contributed by atoms with E-state index in [9.17, 15) is 9.59 Å². The van der Waals surface area contributed by atoms with E-state index in [1.807, 2.05) is 51.1 Å². The summed E-state index contributed by atoms with van der Waals surface area (Å²) in [5.41, 5.74) is 11.8.